The fraction of sp³-hybridized carbons (Fsp3) is 0.455. The number of rotatable bonds is 6. The van der Waals surface area contributed by atoms with Crippen LogP contribution in [0.4, 0.5) is 5.69 Å². The predicted molar refractivity (Wildman–Crippen MR) is 111 cm³/mol. The molecular weight excluding hydrogens is 372 g/mol. The van der Waals surface area contributed by atoms with E-state index in [2.05, 4.69) is 10.2 Å². The topological polar surface area (TPSA) is 58.6 Å². The molecule has 4 heterocycles. The zero-order valence-electron chi connectivity index (χ0n) is 16.3. The Kier molecular flexibility index (Phi) is 5.25. The molecule has 28 heavy (non-hydrogen) atoms. The molecular formula is C22H26N2O3S. The Morgan fingerprint density at radius 3 is 2.50 bits per heavy atom. The third kappa shape index (κ3) is 3.59. The van der Waals surface area contributed by atoms with Gasteiger partial charge in [0.05, 0.1) is 10.6 Å². The van der Waals surface area contributed by atoms with E-state index in [0.717, 1.165) is 38.0 Å². The first-order valence-electron chi connectivity index (χ1n) is 9.83. The van der Waals surface area contributed by atoms with Crippen molar-refractivity contribution in [2.75, 3.05) is 25.0 Å². The van der Waals surface area contributed by atoms with Gasteiger partial charge in [0.25, 0.3) is 0 Å². The minimum Gasteiger partial charge on any atom is -0.459 e. The van der Waals surface area contributed by atoms with Crippen molar-refractivity contribution in [3.8, 4) is 0 Å². The fourth-order valence-electron chi connectivity index (χ4n) is 4.26. The number of ether oxygens (including phenoxy) is 1. The van der Waals surface area contributed by atoms with Crippen LogP contribution in [0.25, 0.3) is 0 Å². The molecule has 2 aromatic rings. The quantitative estimate of drug-likeness (QED) is 0.590. The van der Waals surface area contributed by atoms with E-state index in [1.54, 1.807) is 6.92 Å². The lowest BCUT2D eigenvalue weighted by Gasteiger charge is -2.45. The maximum atomic E-state index is 13.4. The van der Waals surface area contributed by atoms with Crippen molar-refractivity contribution in [1.82, 2.24) is 4.90 Å². The summed E-state index contributed by atoms with van der Waals surface area (Å²) in [4.78, 5) is 28.4. The summed E-state index contributed by atoms with van der Waals surface area (Å²) in [6.07, 6.45) is 2.12. The Balaban J connectivity index is 1.62. The van der Waals surface area contributed by atoms with Crippen molar-refractivity contribution in [3.05, 3.63) is 52.2 Å². The van der Waals surface area contributed by atoms with Crippen molar-refractivity contribution in [2.45, 2.75) is 38.3 Å². The summed E-state index contributed by atoms with van der Waals surface area (Å²) in [6.45, 7) is 6.40. The molecule has 148 valence electrons. The first-order chi connectivity index (χ1) is 13.5. The summed E-state index contributed by atoms with van der Waals surface area (Å²) in [7, 11) is 0. The smallest absolute Gasteiger partial charge is 0.336 e. The van der Waals surface area contributed by atoms with Crippen LogP contribution in [0.1, 0.15) is 41.9 Å². The van der Waals surface area contributed by atoms with E-state index < -0.39 is 5.54 Å². The van der Waals surface area contributed by atoms with Gasteiger partial charge in [0, 0.05) is 13.5 Å². The number of hydrogen-bond acceptors (Lipinski definition) is 6. The van der Waals surface area contributed by atoms with Crippen LogP contribution in [0.2, 0.25) is 0 Å². The van der Waals surface area contributed by atoms with Crippen LogP contribution in [0, 0.1) is 5.92 Å². The van der Waals surface area contributed by atoms with Gasteiger partial charge >= 0.3 is 5.97 Å². The Hall–Kier alpha value is -2.18. The van der Waals surface area contributed by atoms with Gasteiger partial charge in [0.15, 0.2) is 11.3 Å². The maximum absolute atomic E-state index is 13.4. The van der Waals surface area contributed by atoms with E-state index in [9.17, 15) is 9.59 Å². The molecule has 1 N–H and O–H groups in total. The van der Waals surface area contributed by atoms with Gasteiger partial charge in [-0.05, 0) is 55.8 Å². The highest BCUT2D eigenvalue weighted by Gasteiger charge is 2.43. The highest BCUT2D eigenvalue weighted by Crippen LogP contribution is 2.35. The molecule has 1 unspecified atom stereocenters. The molecule has 2 atom stereocenters. The fourth-order valence-corrected chi connectivity index (χ4v) is 5.01. The lowest BCUT2D eigenvalue weighted by Crippen LogP contribution is -2.54. The zero-order chi connectivity index (χ0) is 19.7. The van der Waals surface area contributed by atoms with Gasteiger partial charge in [-0.2, -0.15) is 0 Å². The first kappa shape index (κ1) is 19.2. The van der Waals surface area contributed by atoms with Crippen LogP contribution in [0.15, 0.2) is 41.8 Å². The van der Waals surface area contributed by atoms with Crippen LogP contribution in [-0.4, -0.2) is 42.4 Å². The lowest BCUT2D eigenvalue weighted by molar-refractivity contribution is -0.164. The second kappa shape index (κ2) is 7.68. The number of thiophene rings is 1. The van der Waals surface area contributed by atoms with Gasteiger partial charge in [-0.25, -0.2) is 4.79 Å². The van der Waals surface area contributed by atoms with Gasteiger partial charge in [0.1, 0.15) is 6.10 Å². The van der Waals surface area contributed by atoms with Crippen LogP contribution in [0.3, 0.4) is 0 Å². The van der Waals surface area contributed by atoms with Gasteiger partial charge in [-0.3, -0.25) is 9.69 Å². The third-order valence-corrected chi connectivity index (χ3v) is 7.00. The number of Topliss-reactive ketones (excluding diaryl/α,β-unsaturated/α-hetero) is 1. The van der Waals surface area contributed by atoms with E-state index in [1.165, 1.54) is 11.3 Å². The third-order valence-electron chi connectivity index (χ3n) is 5.98. The number of hydrogen-bond donors (Lipinski definition) is 1. The molecule has 5 nitrogen and oxygen atoms in total. The number of carbonyl (C=O) groups is 2. The van der Waals surface area contributed by atoms with Gasteiger partial charge in [0.2, 0.25) is 0 Å². The Morgan fingerprint density at radius 2 is 1.89 bits per heavy atom. The van der Waals surface area contributed by atoms with Crippen LogP contribution in [-0.2, 0) is 15.1 Å². The number of ketones is 1. The highest BCUT2D eigenvalue weighted by molar-refractivity contribution is 7.12. The predicted octanol–water partition coefficient (Wildman–Crippen LogP) is 3.92. The van der Waals surface area contributed by atoms with Gasteiger partial charge < -0.3 is 10.1 Å². The summed E-state index contributed by atoms with van der Waals surface area (Å²) in [5.41, 5.74) is 0.426. The largest absolute Gasteiger partial charge is 0.459 e. The van der Waals surface area contributed by atoms with E-state index in [-0.39, 0.29) is 17.9 Å². The van der Waals surface area contributed by atoms with Crippen molar-refractivity contribution < 1.29 is 14.3 Å². The van der Waals surface area contributed by atoms with Gasteiger partial charge in [-0.1, -0.05) is 30.3 Å². The average molecular weight is 399 g/mol. The molecule has 0 aliphatic carbocycles. The molecule has 3 saturated heterocycles. The Bertz CT molecular complexity index is 858. The Morgan fingerprint density at radius 1 is 1.18 bits per heavy atom. The highest BCUT2D eigenvalue weighted by atomic mass is 32.1. The van der Waals surface area contributed by atoms with Crippen molar-refractivity contribution in [2.24, 2.45) is 5.92 Å². The monoisotopic (exact) mass is 398 g/mol. The van der Waals surface area contributed by atoms with Gasteiger partial charge in [-0.15, -0.1) is 11.3 Å². The minimum atomic E-state index is -1.07. The van der Waals surface area contributed by atoms with Crippen LogP contribution in [0.5, 0.6) is 0 Å². The minimum absolute atomic E-state index is 0.0151. The summed E-state index contributed by atoms with van der Waals surface area (Å²) in [5.74, 6) is 0.139. The van der Waals surface area contributed by atoms with E-state index in [0.29, 0.717) is 16.5 Å². The molecule has 3 aliphatic heterocycles. The lowest BCUT2D eigenvalue weighted by atomic mass is 9.85. The normalized spacial score (nSPS) is 25.7. The first-order valence-corrected chi connectivity index (χ1v) is 10.7. The van der Waals surface area contributed by atoms with E-state index in [1.807, 2.05) is 48.7 Å². The maximum Gasteiger partial charge on any atom is 0.336 e. The number of piperidine rings is 3. The second-order valence-corrected chi connectivity index (χ2v) is 8.83. The number of nitrogens with one attached hydrogen (secondary N) is 1. The summed E-state index contributed by atoms with van der Waals surface area (Å²) < 4.78 is 6.07. The van der Waals surface area contributed by atoms with E-state index >= 15 is 0 Å². The molecule has 1 aromatic heterocycles. The number of anilines is 1. The average Bonchev–Trinajstić information content (AvgIpc) is 3.17. The number of esters is 1. The molecule has 0 spiro atoms. The van der Waals surface area contributed by atoms with Crippen LogP contribution < -0.4 is 5.32 Å². The number of nitrogens with zero attached hydrogens (tertiary/aromatic N) is 1. The van der Waals surface area contributed by atoms with Crippen molar-refractivity contribution in [1.29, 1.82) is 0 Å². The second-order valence-electron chi connectivity index (χ2n) is 7.92. The molecule has 1 aromatic carbocycles. The molecule has 0 saturated carbocycles. The molecule has 0 amide bonds. The molecule has 3 aliphatic rings. The standard InChI is InChI=1S/C22H26N2O3S/c1-15(25)20-18(10-13-28-20)23-22(2,17-6-4-3-5-7-17)21(26)27-19-14-24-11-8-16(19)9-12-24/h3-7,10,13,16,19,23H,8-9,11-12,14H2,1-2H3/t19-,22?/m0/s1. The number of carbonyl (C=O) groups excluding carboxylic acids is 2. The Labute approximate surface area is 169 Å². The summed E-state index contributed by atoms with van der Waals surface area (Å²) in [5, 5.41) is 5.20. The molecule has 0 radical (unpaired) electrons. The van der Waals surface area contributed by atoms with E-state index in [4.69, 9.17) is 4.74 Å². The SMILES string of the molecule is CC(=O)c1sccc1NC(C)(C(=O)O[C@H]1CN2CCC1CC2)c1ccccc1. The summed E-state index contributed by atoms with van der Waals surface area (Å²) >= 11 is 1.38. The zero-order valence-corrected chi connectivity index (χ0v) is 17.1. The number of fused-ring (bicyclic) bond motifs is 3. The molecule has 5 rings (SSSR count). The molecule has 6 heteroatoms. The van der Waals surface area contributed by atoms with Crippen LogP contribution >= 0.6 is 11.3 Å². The molecule has 2 bridgehead atoms. The summed E-state index contributed by atoms with van der Waals surface area (Å²) in [6, 6.07) is 11.4. The van der Waals surface area contributed by atoms with Crippen molar-refractivity contribution >= 4 is 28.8 Å². The van der Waals surface area contributed by atoms with Crippen molar-refractivity contribution in [3.63, 3.8) is 0 Å². The molecule has 3 fully saturated rings. The number of benzene rings is 1.